The van der Waals surface area contributed by atoms with E-state index in [-0.39, 0.29) is 36.4 Å². The molecule has 34 heavy (non-hydrogen) atoms. The second-order valence-corrected chi connectivity index (χ2v) is 9.85. The Labute approximate surface area is 206 Å². The fourth-order valence-electron chi connectivity index (χ4n) is 5.78. The van der Waals surface area contributed by atoms with E-state index in [1.54, 1.807) is 35.5 Å². The Morgan fingerprint density at radius 1 is 0.941 bits per heavy atom. The molecule has 7 nitrogen and oxygen atoms in total. The summed E-state index contributed by atoms with van der Waals surface area (Å²) in [7, 11) is 8.29. The number of hydrogen-bond donors (Lipinski definition) is 1. The molecule has 1 saturated carbocycles. The van der Waals surface area contributed by atoms with Crippen LogP contribution < -0.4 is 0 Å². The predicted octanol–water partition coefficient (Wildman–Crippen LogP) is 3.99. The van der Waals surface area contributed by atoms with E-state index in [1.807, 2.05) is 19.1 Å². The number of ether oxygens (including phenoxy) is 6. The van der Waals surface area contributed by atoms with E-state index >= 15 is 0 Å². The highest BCUT2D eigenvalue weighted by Crippen LogP contribution is 2.45. The van der Waals surface area contributed by atoms with Gasteiger partial charge in [-0.25, -0.2) is 0 Å². The van der Waals surface area contributed by atoms with Crippen LogP contribution in [0.5, 0.6) is 0 Å². The first-order chi connectivity index (χ1) is 16.3. The minimum absolute atomic E-state index is 0.0495. The summed E-state index contributed by atoms with van der Waals surface area (Å²) in [6.07, 6.45) is 7.28. The summed E-state index contributed by atoms with van der Waals surface area (Å²) in [6.45, 7) is 8.52. The Balaban J connectivity index is 2.05. The van der Waals surface area contributed by atoms with Crippen LogP contribution in [0.15, 0.2) is 23.8 Å². The summed E-state index contributed by atoms with van der Waals surface area (Å²) >= 11 is 0. The molecule has 198 valence electrons. The smallest absolute Gasteiger partial charge is 0.186 e. The molecule has 2 fully saturated rings. The van der Waals surface area contributed by atoms with Crippen molar-refractivity contribution in [2.75, 3.05) is 35.5 Å². The van der Waals surface area contributed by atoms with Gasteiger partial charge in [0.05, 0.1) is 12.2 Å². The number of aliphatic hydroxyl groups excluding tert-OH is 1. The van der Waals surface area contributed by atoms with Crippen LogP contribution in [0.25, 0.3) is 0 Å². The van der Waals surface area contributed by atoms with Crippen LogP contribution in [0.4, 0.5) is 0 Å². The first-order valence-electron chi connectivity index (χ1n) is 12.6. The van der Waals surface area contributed by atoms with Crippen LogP contribution in [0.2, 0.25) is 0 Å². The predicted molar refractivity (Wildman–Crippen MR) is 133 cm³/mol. The average Bonchev–Trinajstić information content (AvgIpc) is 2.82. The van der Waals surface area contributed by atoms with Crippen LogP contribution in [-0.2, 0) is 28.4 Å². The van der Waals surface area contributed by atoms with Gasteiger partial charge in [0.25, 0.3) is 0 Å². The van der Waals surface area contributed by atoms with E-state index in [0.29, 0.717) is 17.8 Å². The molecule has 0 spiro atoms. The van der Waals surface area contributed by atoms with Gasteiger partial charge in [-0.1, -0.05) is 39.0 Å². The second kappa shape index (κ2) is 14.1. The Kier molecular flexibility index (Phi) is 12.2. The van der Waals surface area contributed by atoms with Gasteiger partial charge >= 0.3 is 0 Å². The zero-order valence-corrected chi connectivity index (χ0v) is 22.6. The molecular weight excluding hydrogens is 436 g/mol. The van der Waals surface area contributed by atoms with Gasteiger partial charge in [0.1, 0.15) is 24.4 Å². The van der Waals surface area contributed by atoms with Crippen molar-refractivity contribution in [3.63, 3.8) is 0 Å². The molecule has 2 rings (SSSR count). The van der Waals surface area contributed by atoms with Crippen LogP contribution in [0.3, 0.4) is 0 Å². The molecule has 0 unspecified atom stereocenters. The van der Waals surface area contributed by atoms with Crippen molar-refractivity contribution in [3.05, 3.63) is 23.8 Å². The first-order valence-corrected chi connectivity index (χ1v) is 12.6. The van der Waals surface area contributed by atoms with E-state index in [1.165, 1.54) is 6.42 Å². The van der Waals surface area contributed by atoms with Gasteiger partial charge in [0.2, 0.25) is 0 Å². The summed E-state index contributed by atoms with van der Waals surface area (Å²) in [5.41, 5.74) is 0.990. The highest BCUT2D eigenvalue weighted by molar-refractivity contribution is 5.19. The molecule has 1 heterocycles. The fourth-order valence-corrected chi connectivity index (χ4v) is 5.78. The van der Waals surface area contributed by atoms with Gasteiger partial charge < -0.3 is 33.5 Å². The van der Waals surface area contributed by atoms with Crippen LogP contribution in [0, 0.1) is 23.7 Å². The minimum Gasteiger partial charge on any atom is -0.392 e. The normalized spacial score (nSPS) is 36.2. The molecule has 7 heteroatoms. The van der Waals surface area contributed by atoms with E-state index in [2.05, 4.69) is 26.8 Å². The highest BCUT2D eigenvalue weighted by atomic mass is 16.7. The lowest BCUT2D eigenvalue weighted by atomic mass is 9.62. The monoisotopic (exact) mass is 484 g/mol. The van der Waals surface area contributed by atoms with Crippen molar-refractivity contribution >= 4 is 0 Å². The Morgan fingerprint density at radius 2 is 1.56 bits per heavy atom. The number of aliphatic hydroxyl groups is 1. The Morgan fingerprint density at radius 3 is 2.03 bits per heavy atom. The van der Waals surface area contributed by atoms with E-state index in [0.717, 1.165) is 18.4 Å². The SMILES string of the molecule is CC[C@H](OC)[C@@H](C)[C@H]1CC[C@@H]1[C@H](O)[C@H](C)/C=C/C=C(\C)[C@@H]1O[C@H](OC)[C@H](OC)[C@@H](OC)[C@@H]1OC. The molecule has 1 N–H and O–H groups in total. The van der Waals surface area contributed by atoms with Gasteiger partial charge in [0, 0.05) is 41.5 Å². The van der Waals surface area contributed by atoms with Crippen molar-refractivity contribution in [2.45, 2.75) is 89.9 Å². The molecule has 1 aliphatic heterocycles. The maximum absolute atomic E-state index is 11.1. The Hall–Kier alpha value is -0.800. The fraction of sp³-hybridized carbons (Fsp3) is 0.852. The molecule has 0 amide bonds. The number of methoxy groups -OCH3 is 5. The van der Waals surface area contributed by atoms with Crippen molar-refractivity contribution in [1.82, 2.24) is 0 Å². The maximum atomic E-state index is 11.1. The lowest BCUT2D eigenvalue weighted by Gasteiger charge is -2.46. The molecule has 1 aliphatic carbocycles. The standard InChI is InChI=1S/C27H48O7/c1-10-21(29-5)18(4)19-14-15-20(19)22(28)16(2)12-11-13-17(3)23-24(30-6)25(31-7)26(32-8)27(33-9)34-23/h11-13,16,18-28H,10,14-15H2,1-9H3/b12-11+,17-13+/t16-,18+,19-,20+,21+,22-,23+,24-,25+,26-,27+/m1/s1. The van der Waals surface area contributed by atoms with Gasteiger partial charge in [-0.2, -0.15) is 0 Å². The molecule has 0 aromatic heterocycles. The summed E-state index contributed by atoms with van der Waals surface area (Å²) in [5, 5.41) is 11.1. The van der Waals surface area contributed by atoms with Crippen molar-refractivity contribution in [3.8, 4) is 0 Å². The van der Waals surface area contributed by atoms with Gasteiger partial charge in [-0.15, -0.1) is 0 Å². The summed E-state index contributed by atoms with van der Waals surface area (Å²) in [6, 6.07) is 0. The molecule has 0 radical (unpaired) electrons. The number of allylic oxidation sites excluding steroid dienone is 2. The Bertz CT molecular complexity index is 647. The molecule has 0 aromatic rings. The van der Waals surface area contributed by atoms with Crippen LogP contribution in [-0.4, -0.2) is 83.6 Å². The summed E-state index contributed by atoms with van der Waals surface area (Å²) in [5.74, 6) is 1.33. The topological polar surface area (TPSA) is 75.6 Å². The lowest BCUT2D eigenvalue weighted by molar-refractivity contribution is -0.295. The largest absolute Gasteiger partial charge is 0.392 e. The van der Waals surface area contributed by atoms with E-state index in [4.69, 9.17) is 28.4 Å². The van der Waals surface area contributed by atoms with Gasteiger partial charge in [-0.05, 0) is 49.5 Å². The van der Waals surface area contributed by atoms with E-state index in [9.17, 15) is 5.11 Å². The third kappa shape index (κ3) is 6.49. The first kappa shape index (κ1) is 29.4. The average molecular weight is 485 g/mol. The second-order valence-electron chi connectivity index (χ2n) is 9.85. The maximum Gasteiger partial charge on any atom is 0.186 e. The number of hydrogen-bond acceptors (Lipinski definition) is 7. The summed E-state index contributed by atoms with van der Waals surface area (Å²) < 4.78 is 34.4. The molecular formula is C27H48O7. The molecule has 11 atom stereocenters. The molecule has 0 bridgehead atoms. The molecule has 1 saturated heterocycles. The zero-order valence-electron chi connectivity index (χ0n) is 22.6. The quantitative estimate of drug-likeness (QED) is 0.396. The highest BCUT2D eigenvalue weighted by Gasteiger charge is 2.48. The summed E-state index contributed by atoms with van der Waals surface area (Å²) in [4.78, 5) is 0. The lowest BCUT2D eigenvalue weighted by Crippen LogP contribution is -2.60. The van der Waals surface area contributed by atoms with Crippen LogP contribution >= 0.6 is 0 Å². The van der Waals surface area contributed by atoms with Crippen LogP contribution in [0.1, 0.15) is 47.0 Å². The van der Waals surface area contributed by atoms with Gasteiger partial charge in [0.15, 0.2) is 6.29 Å². The minimum atomic E-state index is -0.559. The van der Waals surface area contributed by atoms with Crippen molar-refractivity contribution < 1.29 is 33.5 Å². The van der Waals surface area contributed by atoms with Crippen molar-refractivity contribution in [2.24, 2.45) is 23.7 Å². The molecule has 0 aromatic carbocycles. The zero-order chi connectivity index (χ0) is 25.4. The van der Waals surface area contributed by atoms with Crippen molar-refractivity contribution in [1.29, 1.82) is 0 Å². The van der Waals surface area contributed by atoms with Gasteiger partial charge in [-0.3, -0.25) is 0 Å². The molecule has 2 aliphatic rings. The third-order valence-corrected chi connectivity index (χ3v) is 8.09. The van der Waals surface area contributed by atoms with E-state index < -0.39 is 12.4 Å². The third-order valence-electron chi connectivity index (χ3n) is 8.09. The number of rotatable bonds is 13.